The van der Waals surface area contributed by atoms with Crippen molar-refractivity contribution in [3.63, 3.8) is 0 Å². The van der Waals surface area contributed by atoms with E-state index in [4.69, 9.17) is 0 Å². The molecule has 1 heteroatoms. The predicted octanol–water partition coefficient (Wildman–Crippen LogP) is 4.66. The molecule has 0 fully saturated rings. The normalized spacial score (nSPS) is 20.2. The van der Waals surface area contributed by atoms with Crippen LogP contribution >= 0.6 is 11.8 Å². The van der Waals surface area contributed by atoms with Gasteiger partial charge in [-0.25, -0.2) is 0 Å². The molecule has 0 aromatic heterocycles. The lowest BCUT2D eigenvalue weighted by Crippen LogP contribution is -2.10. The standard InChI is InChI=1S/C15H22S/c1-10(2)13-8-11-6-7-12(15(3,4)5)9-14(11)16-13/h6-7,9-10,13H,8H2,1-5H3. The van der Waals surface area contributed by atoms with E-state index in [1.54, 1.807) is 5.56 Å². The van der Waals surface area contributed by atoms with E-state index in [1.807, 2.05) is 0 Å². The Labute approximate surface area is 104 Å². The van der Waals surface area contributed by atoms with Gasteiger partial charge in [-0.2, -0.15) is 0 Å². The van der Waals surface area contributed by atoms with E-state index in [0.29, 0.717) is 0 Å². The summed E-state index contributed by atoms with van der Waals surface area (Å²) in [6.07, 6.45) is 1.25. The highest BCUT2D eigenvalue weighted by Gasteiger charge is 2.26. The molecule has 1 aromatic rings. The zero-order valence-electron chi connectivity index (χ0n) is 11.0. The average Bonchev–Trinajstić information content (AvgIpc) is 2.58. The fourth-order valence-electron chi connectivity index (χ4n) is 2.09. The van der Waals surface area contributed by atoms with Crippen molar-refractivity contribution in [1.82, 2.24) is 0 Å². The van der Waals surface area contributed by atoms with E-state index in [9.17, 15) is 0 Å². The maximum atomic E-state index is 2.41. The SMILES string of the molecule is CC(C)C1Cc2ccc(C(C)(C)C)cc2S1. The van der Waals surface area contributed by atoms with E-state index < -0.39 is 0 Å². The molecule has 0 bridgehead atoms. The third-order valence-electron chi connectivity index (χ3n) is 3.38. The molecule has 0 saturated heterocycles. The molecule has 0 amide bonds. The smallest absolute Gasteiger partial charge is 0.0158 e. The third kappa shape index (κ3) is 2.29. The summed E-state index contributed by atoms with van der Waals surface area (Å²) in [6, 6.07) is 7.05. The van der Waals surface area contributed by atoms with Crippen LogP contribution in [-0.2, 0) is 11.8 Å². The average molecular weight is 234 g/mol. The molecule has 1 heterocycles. The van der Waals surface area contributed by atoms with Gasteiger partial charge in [0.1, 0.15) is 0 Å². The first-order chi connectivity index (χ1) is 7.38. The monoisotopic (exact) mass is 234 g/mol. The molecule has 0 saturated carbocycles. The van der Waals surface area contributed by atoms with Gasteiger partial charge in [0, 0.05) is 10.1 Å². The molecule has 0 radical (unpaired) electrons. The molecule has 2 rings (SSSR count). The van der Waals surface area contributed by atoms with Gasteiger partial charge in [0.05, 0.1) is 0 Å². The minimum atomic E-state index is 0.269. The van der Waals surface area contributed by atoms with Gasteiger partial charge in [-0.05, 0) is 34.9 Å². The highest BCUT2D eigenvalue weighted by atomic mass is 32.2. The summed E-state index contributed by atoms with van der Waals surface area (Å²) >= 11 is 2.07. The topological polar surface area (TPSA) is 0 Å². The van der Waals surface area contributed by atoms with Gasteiger partial charge in [0.25, 0.3) is 0 Å². The minimum absolute atomic E-state index is 0.269. The van der Waals surface area contributed by atoms with Crippen molar-refractivity contribution < 1.29 is 0 Å². The molecule has 0 spiro atoms. The first-order valence-electron chi connectivity index (χ1n) is 6.18. The Morgan fingerprint density at radius 2 is 1.94 bits per heavy atom. The molecular weight excluding hydrogens is 212 g/mol. The van der Waals surface area contributed by atoms with E-state index in [-0.39, 0.29) is 5.41 Å². The number of thioether (sulfide) groups is 1. The van der Waals surface area contributed by atoms with Gasteiger partial charge < -0.3 is 0 Å². The van der Waals surface area contributed by atoms with Crippen LogP contribution in [0.25, 0.3) is 0 Å². The summed E-state index contributed by atoms with van der Waals surface area (Å²) < 4.78 is 0. The van der Waals surface area contributed by atoms with Gasteiger partial charge in [0.15, 0.2) is 0 Å². The van der Waals surface area contributed by atoms with Crippen molar-refractivity contribution in [2.45, 2.75) is 56.6 Å². The van der Waals surface area contributed by atoms with E-state index in [2.05, 4.69) is 64.6 Å². The first kappa shape index (κ1) is 12.0. The lowest BCUT2D eigenvalue weighted by Gasteiger charge is -2.19. The zero-order chi connectivity index (χ0) is 11.9. The van der Waals surface area contributed by atoms with Crippen LogP contribution in [0.5, 0.6) is 0 Å². The zero-order valence-corrected chi connectivity index (χ0v) is 11.8. The number of hydrogen-bond acceptors (Lipinski definition) is 1. The third-order valence-corrected chi connectivity index (χ3v) is 5.02. The number of fused-ring (bicyclic) bond motifs is 1. The first-order valence-corrected chi connectivity index (χ1v) is 7.06. The van der Waals surface area contributed by atoms with Gasteiger partial charge in [0.2, 0.25) is 0 Å². The van der Waals surface area contributed by atoms with E-state index in [1.165, 1.54) is 16.9 Å². The predicted molar refractivity (Wildman–Crippen MR) is 73.3 cm³/mol. The van der Waals surface area contributed by atoms with Crippen LogP contribution in [-0.4, -0.2) is 5.25 Å². The minimum Gasteiger partial charge on any atom is -0.122 e. The van der Waals surface area contributed by atoms with E-state index >= 15 is 0 Å². The van der Waals surface area contributed by atoms with Gasteiger partial charge >= 0.3 is 0 Å². The Balaban J connectivity index is 2.28. The Morgan fingerprint density at radius 3 is 2.50 bits per heavy atom. The Morgan fingerprint density at radius 1 is 1.25 bits per heavy atom. The van der Waals surface area contributed by atoms with Crippen molar-refractivity contribution in [2.24, 2.45) is 5.92 Å². The van der Waals surface area contributed by atoms with Crippen molar-refractivity contribution in [3.05, 3.63) is 29.3 Å². The summed E-state index contributed by atoms with van der Waals surface area (Å²) in [7, 11) is 0. The largest absolute Gasteiger partial charge is 0.122 e. The summed E-state index contributed by atoms with van der Waals surface area (Å²) in [5.74, 6) is 0.774. The molecular formula is C15H22S. The number of rotatable bonds is 1. The van der Waals surface area contributed by atoms with Crippen molar-refractivity contribution in [3.8, 4) is 0 Å². The molecule has 1 unspecified atom stereocenters. The maximum absolute atomic E-state index is 2.41. The molecule has 16 heavy (non-hydrogen) atoms. The second-order valence-electron chi connectivity index (χ2n) is 6.18. The molecule has 1 aromatic carbocycles. The molecule has 1 aliphatic heterocycles. The molecule has 1 atom stereocenters. The van der Waals surface area contributed by atoms with Crippen LogP contribution in [0.1, 0.15) is 45.7 Å². The van der Waals surface area contributed by atoms with Crippen LogP contribution in [0, 0.1) is 5.92 Å². The van der Waals surface area contributed by atoms with Crippen LogP contribution in [0.3, 0.4) is 0 Å². The van der Waals surface area contributed by atoms with Gasteiger partial charge in [-0.1, -0.05) is 46.8 Å². The fourth-order valence-corrected chi connectivity index (χ4v) is 3.45. The molecule has 1 aliphatic rings. The van der Waals surface area contributed by atoms with Crippen LogP contribution in [0.15, 0.2) is 23.1 Å². The lowest BCUT2D eigenvalue weighted by atomic mass is 9.86. The van der Waals surface area contributed by atoms with Crippen LogP contribution < -0.4 is 0 Å². The quantitative estimate of drug-likeness (QED) is 0.681. The summed E-state index contributed by atoms with van der Waals surface area (Å²) in [5, 5.41) is 0.783. The molecule has 0 aliphatic carbocycles. The van der Waals surface area contributed by atoms with E-state index in [0.717, 1.165) is 11.2 Å². The highest BCUT2D eigenvalue weighted by molar-refractivity contribution is 8.00. The Kier molecular flexibility index (Phi) is 3.09. The maximum Gasteiger partial charge on any atom is 0.0158 e. The number of hydrogen-bond donors (Lipinski definition) is 0. The molecule has 0 N–H and O–H groups in total. The van der Waals surface area contributed by atoms with Crippen molar-refractivity contribution in [2.75, 3.05) is 0 Å². The van der Waals surface area contributed by atoms with Gasteiger partial charge in [-0.15, -0.1) is 11.8 Å². The van der Waals surface area contributed by atoms with Crippen molar-refractivity contribution in [1.29, 1.82) is 0 Å². The molecule has 88 valence electrons. The number of benzene rings is 1. The second-order valence-corrected chi connectivity index (χ2v) is 7.46. The summed E-state index contributed by atoms with van der Waals surface area (Å²) in [6.45, 7) is 11.5. The summed E-state index contributed by atoms with van der Waals surface area (Å²) in [4.78, 5) is 1.52. The van der Waals surface area contributed by atoms with Crippen LogP contribution in [0.4, 0.5) is 0 Å². The Hall–Kier alpha value is -0.430. The summed E-state index contributed by atoms with van der Waals surface area (Å²) in [5.41, 5.74) is 3.28. The Bertz CT molecular complexity index is 385. The molecule has 0 nitrogen and oxygen atoms in total. The fraction of sp³-hybridized carbons (Fsp3) is 0.600. The van der Waals surface area contributed by atoms with Gasteiger partial charge in [-0.3, -0.25) is 0 Å². The highest BCUT2D eigenvalue weighted by Crippen LogP contribution is 2.42. The lowest BCUT2D eigenvalue weighted by molar-refractivity contribution is 0.587. The van der Waals surface area contributed by atoms with Crippen LogP contribution in [0.2, 0.25) is 0 Å². The second kappa shape index (κ2) is 4.10. The van der Waals surface area contributed by atoms with Crippen molar-refractivity contribution >= 4 is 11.8 Å².